The second-order valence-electron chi connectivity index (χ2n) is 7.22. The van der Waals surface area contributed by atoms with Crippen LogP contribution in [0.1, 0.15) is 42.0 Å². The second-order valence-corrected chi connectivity index (χ2v) is 8.98. The lowest BCUT2D eigenvalue weighted by Gasteiger charge is -2.10. The van der Waals surface area contributed by atoms with Gasteiger partial charge in [-0.2, -0.15) is 0 Å². The molecule has 0 aliphatic heterocycles. The Morgan fingerprint density at radius 1 is 1.04 bits per heavy atom. The molecule has 142 valence electrons. The SMILES string of the molecule is Cc1cc(C)c2[nH]c(=O)c(CNS(=O)(=O)c3ccc(C(C)C)cc3)cc2c1. The summed E-state index contributed by atoms with van der Waals surface area (Å²) in [6.45, 7) is 7.97. The van der Waals surface area contributed by atoms with Crippen LogP contribution in [0.5, 0.6) is 0 Å². The van der Waals surface area contributed by atoms with E-state index in [0.29, 0.717) is 11.5 Å². The van der Waals surface area contributed by atoms with E-state index in [9.17, 15) is 13.2 Å². The lowest BCUT2D eigenvalue weighted by molar-refractivity contribution is 0.581. The number of hydrogen-bond acceptors (Lipinski definition) is 3. The Labute approximate surface area is 159 Å². The van der Waals surface area contributed by atoms with Crippen molar-refractivity contribution in [3.05, 3.63) is 75.1 Å². The van der Waals surface area contributed by atoms with Gasteiger partial charge in [-0.3, -0.25) is 4.79 Å². The highest BCUT2D eigenvalue weighted by Gasteiger charge is 2.15. The van der Waals surface area contributed by atoms with Crippen molar-refractivity contribution in [2.24, 2.45) is 0 Å². The first-order valence-electron chi connectivity index (χ1n) is 8.90. The molecule has 1 aromatic heterocycles. The summed E-state index contributed by atoms with van der Waals surface area (Å²) in [5, 5.41) is 0.891. The van der Waals surface area contributed by atoms with E-state index in [1.807, 2.05) is 38.1 Å². The topological polar surface area (TPSA) is 79.0 Å². The number of benzene rings is 2. The Morgan fingerprint density at radius 2 is 1.70 bits per heavy atom. The van der Waals surface area contributed by atoms with Gasteiger partial charge in [0.1, 0.15) is 0 Å². The van der Waals surface area contributed by atoms with E-state index < -0.39 is 10.0 Å². The van der Waals surface area contributed by atoms with E-state index in [1.54, 1.807) is 18.2 Å². The first-order valence-corrected chi connectivity index (χ1v) is 10.4. The standard InChI is InChI=1S/C21H24N2O3S/c1-13(2)16-5-7-19(8-6-16)27(25,26)22-12-18-11-17-10-14(3)9-15(4)20(17)23-21(18)24/h5-11,13,22H,12H2,1-4H3,(H,23,24). The highest BCUT2D eigenvalue weighted by atomic mass is 32.2. The van der Waals surface area contributed by atoms with Gasteiger partial charge in [-0.1, -0.05) is 37.6 Å². The van der Waals surface area contributed by atoms with Gasteiger partial charge in [0.15, 0.2) is 0 Å². The van der Waals surface area contributed by atoms with Crippen molar-refractivity contribution in [1.82, 2.24) is 9.71 Å². The van der Waals surface area contributed by atoms with Crippen LogP contribution >= 0.6 is 0 Å². The zero-order valence-electron chi connectivity index (χ0n) is 16.0. The molecule has 0 saturated heterocycles. The monoisotopic (exact) mass is 384 g/mol. The minimum Gasteiger partial charge on any atom is -0.321 e. The third-order valence-electron chi connectivity index (χ3n) is 4.68. The summed E-state index contributed by atoms with van der Waals surface area (Å²) in [5.41, 5.74) is 4.03. The van der Waals surface area contributed by atoms with Gasteiger partial charge < -0.3 is 4.98 Å². The third kappa shape index (κ3) is 4.12. The van der Waals surface area contributed by atoms with Crippen molar-refractivity contribution in [2.45, 2.75) is 45.1 Å². The number of nitrogens with one attached hydrogen (secondary N) is 2. The van der Waals surface area contributed by atoms with Gasteiger partial charge in [0, 0.05) is 12.1 Å². The molecule has 0 aliphatic rings. The summed E-state index contributed by atoms with van der Waals surface area (Å²) in [5.74, 6) is 0.331. The molecule has 0 unspecified atom stereocenters. The predicted molar refractivity (Wildman–Crippen MR) is 109 cm³/mol. The number of sulfonamides is 1. The Hall–Kier alpha value is -2.44. The molecule has 0 bridgehead atoms. The Morgan fingerprint density at radius 3 is 2.33 bits per heavy atom. The average Bonchev–Trinajstić information content (AvgIpc) is 2.61. The molecule has 1 heterocycles. The van der Waals surface area contributed by atoms with Crippen LogP contribution < -0.4 is 10.3 Å². The van der Waals surface area contributed by atoms with Crippen LogP contribution in [-0.2, 0) is 16.6 Å². The molecule has 0 radical (unpaired) electrons. The molecule has 6 heteroatoms. The van der Waals surface area contributed by atoms with E-state index in [2.05, 4.69) is 23.6 Å². The van der Waals surface area contributed by atoms with Crippen molar-refractivity contribution < 1.29 is 8.42 Å². The Balaban J connectivity index is 1.87. The minimum absolute atomic E-state index is 0.0630. The molecule has 3 aromatic rings. The highest BCUT2D eigenvalue weighted by molar-refractivity contribution is 7.89. The predicted octanol–water partition coefficient (Wildman–Crippen LogP) is 3.75. The number of H-pyrrole nitrogens is 1. The molecular weight excluding hydrogens is 360 g/mol. The fourth-order valence-corrected chi connectivity index (χ4v) is 4.16. The maximum Gasteiger partial charge on any atom is 0.252 e. The van der Waals surface area contributed by atoms with Gasteiger partial charge >= 0.3 is 0 Å². The Bertz CT molecular complexity index is 1140. The second kappa shape index (κ2) is 7.29. The average molecular weight is 385 g/mol. The lowest BCUT2D eigenvalue weighted by atomic mass is 10.0. The maximum atomic E-state index is 12.5. The maximum absolute atomic E-state index is 12.5. The molecule has 27 heavy (non-hydrogen) atoms. The van der Waals surface area contributed by atoms with Crippen molar-refractivity contribution in [3.8, 4) is 0 Å². The van der Waals surface area contributed by atoms with Gasteiger partial charge in [-0.05, 0) is 60.5 Å². The molecule has 0 atom stereocenters. The first kappa shape index (κ1) is 19.3. The van der Waals surface area contributed by atoms with Gasteiger partial charge in [-0.15, -0.1) is 0 Å². The number of fused-ring (bicyclic) bond motifs is 1. The lowest BCUT2D eigenvalue weighted by Crippen LogP contribution is -2.27. The number of aryl methyl sites for hydroxylation is 2. The summed E-state index contributed by atoms with van der Waals surface area (Å²) >= 11 is 0. The summed E-state index contributed by atoms with van der Waals surface area (Å²) in [4.78, 5) is 15.4. The van der Waals surface area contributed by atoms with Crippen molar-refractivity contribution in [2.75, 3.05) is 0 Å². The number of rotatable bonds is 5. The van der Waals surface area contributed by atoms with Crippen LogP contribution in [0.15, 0.2) is 52.2 Å². The fourth-order valence-electron chi connectivity index (χ4n) is 3.15. The van der Waals surface area contributed by atoms with E-state index in [0.717, 1.165) is 27.6 Å². The molecule has 5 nitrogen and oxygen atoms in total. The summed E-state index contributed by atoms with van der Waals surface area (Å²) < 4.78 is 27.6. The molecular formula is C21H24N2O3S. The highest BCUT2D eigenvalue weighted by Crippen LogP contribution is 2.19. The van der Waals surface area contributed by atoms with Gasteiger partial charge in [0.2, 0.25) is 10.0 Å². The van der Waals surface area contributed by atoms with Gasteiger partial charge in [0.25, 0.3) is 5.56 Å². The van der Waals surface area contributed by atoms with Crippen molar-refractivity contribution in [1.29, 1.82) is 0 Å². The number of pyridine rings is 1. The van der Waals surface area contributed by atoms with Crippen LogP contribution in [0.2, 0.25) is 0 Å². The van der Waals surface area contributed by atoms with Crippen LogP contribution in [0, 0.1) is 13.8 Å². The van der Waals surface area contributed by atoms with Gasteiger partial charge in [-0.25, -0.2) is 13.1 Å². The van der Waals surface area contributed by atoms with E-state index in [1.165, 1.54) is 0 Å². The van der Waals surface area contributed by atoms with Crippen LogP contribution in [0.4, 0.5) is 0 Å². The zero-order valence-corrected chi connectivity index (χ0v) is 16.8. The largest absolute Gasteiger partial charge is 0.321 e. The number of aromatic amines is 1. The molecule has 0 saturated carbocycles. The molecule has 0 spiro atoms. The molecule has 3 rings (SSSR count). The molecule has 0 fully saturated rings. The Kier molecular flexibility index (Phi) is 5.22. The number of aromatic nitrogens is 1. The molecule has 2 aromatic carbocycles. The normalized spacial score (nSPS) is 12.0. The minimum atomic E-state index is -3.69. The van der Waals surface area contributed by atoms with E-state index in [-0.39, 0.29) is 17.0 Å². The zero-order chi connectivity index (χ0) is 19.8. The van der Waals surface area contributed by atoms with Crippen molar-refractivity contribution in [3.63, 3.8) is 0 Å². The first-order chi connectivity index (χ1) is 12.7. The van der Waals surface area contributed by atoms with Crippen molar-refractivity contribution >= 4 is 20.9 Å². The number of hydrogen-bond donors (Lipinski definition) is 2. The third-order valence-corrected chi connectivity index (χ3v) is 6.10. The fraction of sp³-hybridized carbons (Fsp3) is 0.286. The van der Waals surface area contributed by atoms with E-state index in [4.69, 9.17) is 0 Å². The summed E-state index contributed by atoms with van der Waals surface area (Å²) in [7, 11) is -3.69. The molecule has 0 aliphatic carbocycles. The van der Waals surface area contributed by atoms with Crippen LogP contribution in [-0.4, -0.2) is 13.4 Å². The molecule has 2 N–H and O–H groups in total. The smallest absolute Gasteiger partial charge is 0.252 e. The van der Waals surface area contributed by atoms with Gasteiger partial charge in [0.05, 0.1) is 10.4 Å². The summed E-state index contributed by atoms with van der Waals surface area (Å²) in [6.07, 6.45) is 0. The molecule has 0 amide bonds. The summed E-state index contributed by atoms with van der Waals surface area (Å²) in [6, 6.07) is 12.5. The van der Waals surface area contributed by atoms with E-state index >= 15 is 0 Å². The van der Waals surface area contributed by atoms with Crippen LogP contribution in [0.3, 0.4) is 0 Å². The van der Waals surface area contributed by atoms with Crippen LogP contribution in [0.25, 0.3) is 10.9 Å². The quantitative estimate of drug-likeness (QED) is 0.703.